The summed E-state index contributed by atoms with van der Waals surface area (Å²) in [4.78, 5) is 27.7. The predicted molar refractivity (Wildman–Crippen MR) is 125 cm³/mol. The number of carbonyl (C=O) groups excluding carboxylic acids is 2. The molecule has 0 spiro atoms. The molecule has 0 saturated heterocycles. The van der Waals surface area contributed by atoms with Gasteiger partial charge in [0, 0.05) is 25.2 Å². The minimum Gasteiger partial charge on any atom is -0.489 e. The maximum Gasteiger partial charge on any atom is 0.251 e. The summed E-state index contributed by atoms with van der Waals surface area (Å²) in [5.74, 6) is 0.628. The molecule has 32 heavy (non-hydrogen) atoms. The fraction of sp³-hybridized carbons (Fsp3) is 0.522. The van der Waals surface area contributed by atoms with Crippen LogP contribution in [0.25, 0.3) is 0 Å². The summed E-state index contributed by atoms with van der Waals surface area (Å²) in [6.07, 6.45) is 3.34. The van der Waals surface area contributed by atoms with Crippen molar-refractivity contribution >= 4 is 18.5 Å². The van der Waals surface area contributed by atoms with Crippen molar-refractivity contribution in [3.8, 4) is 5.75 Å². The number of hydrogen-bond donors (Lipinski definition) is 3. The van der Waals surface area contributed by atoms with Crippen molar-refractivity contribution in [2.24, 2.45) is 10.9 Å². The topological polar surface area (TPSA) is 110 Å². The molecule has 0 aliphatic rings. The Balaban J connectivity index is 2.26. The highest BCUT2D eigenvalue weighted by molar-refractivity contribution is 5.94. The molecule has 1 aromatic carbocycles. The maximum atomic E-state index is 12.1. The molecule has 0 fully saturated rings. The molecule has 1 atom stereocenters. The van der Waals surface area contributed by atoms with Crippen molar-refractivity contribution in [3.05, 3.63) is 42.0 Å². The number of nitrogens with zero attached hydrogens (tertiary/aromatic N) is 1. The molecule has 0 radical (unpaired) electrons. The Morgan fingerprint density at radius 1 is 1.19 bits per heavy atom. The number of allylic oxidation sites excluding steroid dienone is 1. The number of hydrogen-bond acceptors (Lipinski definition) is 7. The highest BCUT2D eigenvalue weighted by atomic mass is 16.6. The van der Waals surface area contributed by atoms with Gasteiger partial charge in [-0.25, -0.2) is 0 Å². The lowest BCUT2D eigenvalue weighted by Gasteiger charge is -2.15. The van der Waals surface area contributed by atoms with Gasteiger partial charge in [0.05, 0.1) is 13.2 Å². The van der Waals surface area contributed by atoms with Crippen LogP contribution in [0.4, 0.5) is 0 Å². The van der Waals surface area contributed by atoms with Gasteiger partial charge in [-0.2, -0.15) is 0 Å². The number of amides is 2. The van der Waals surface area contributed by atoms with E-state index in [1.165, 1.54) is 0 Å². The zero-order chi connectivity index (χ0) is 23.6. The van der Waals surface area contributed by atoms with Crippen LogP contribution >= 0.6 is 0 Å². The number of rotatable bonds is 17. The molecule has 1 unspecified atom stereocenters. The number of likely N-dealkylation sites (N-methyl/N-ethyl adjacent to an activating group) is 1. The second kappa shape index (κ2) is 16.9. The summed E-state index contributed by atoms with van der Waals surface area (Å²) in [6, 6.07) is 6.88. The SMILES string of the molecule is C=NC(COc1cccc(C(=O)NCCNC)c1)OCCOCC(=O)NC/C=C/C(C)C. The molecule has 9 heteroatoms. The number of ether oxygens (including phenoxy) is 3. The van der Waals surface area contributed by atoms with Gasteiger partial charge >= 0.3 is 0 Å². The molecule has 2 amide bonds. The van der Waals surface area contributed by atoms with Crippen LogP contribution in [0.3, 0.4) is 0 Å². The van der Waals surface area contributed by atoms with Crippen LogP contribution in [0.2, 0.25) is 0 Å². The van der Waals surface area contributed by atoms with E-state index in [1.54, 1.807) is 24.3 Å². The molecule has 3 N–H and O–H groups in total. The molecule has 0 heterocycles. The molecule has 178 valence electrons. The molecule has 0 aliphatic heterocycles. The van der Waals surface area contributed by atoms with Gasteiger partial charge < -0.3 is 30.2 Å². The quantitative estimate of drug-likeness (QED) is 0.189. The van der Waals surface area contributed by atoms with Crippen LogP contribution in [-0.4, -0.2) is 77.9 Å². The van der Waals surface area contributed by atoms with Crippen LogP contribution in [0.1, 0.15) is 24.2 Å². The van der Waals surface area contributed by atoms with Gasteiger partial charge in [0.1, 0.15) is 19.0 Å². The van der Waals surface area contributed by atoms with E-state index in [4.69, 9.17) is 14.2 Å². The Kier molecular flexibility index (Phi) is 14.4. The lowest BCUT2D eigenvalue weighted by Crippen LogP contribution is -2.30. The monoisotopic (exact) mass is 448 g/mol. The smallest absolute Gasteiger partial charge is 0.251 e. The number of carbonyl (C=O) groups is 2. The van der Waals surface area contributed by atoms with E-state index in [1.807, 2.05) is 19.2 Å². The van der Waals surface area contributed by atoms with Gasteiger partial charge in [0.15, 0.2) is 6.23 Å². The lowest BCUT2D eigenvalue weighted by atomic mass is 10.2. The van der Waals surface area contributed by atoms with Gasteiger partial charge in [-0.05, 0) is 37.9 Å². The number of aliphatic imine (C=N–C) groups is 1. The van der Waals surface area contributed by atoms with Crippen molar-refractivity contribution in [2.75, 3.05) is 53.1 Å². The van der Waals surface area contributed by atoms with Crippen LogP contribution in [0, 0.1) is 5.92 Å². The van der Waals surface area contributed by atoms with E-state index in [9.17, 15) is 9.59 Å². The van der Waals surface area contributed by atoms with Crippen molar-refractivity contribution in [2.45, 2.75) is 20.1 Å². The van der Waals surface area contributed by atoms with E-state index in [-0.39, 0.29) is 38.2 Å². The second-order valence-corrected chi connectivity index (χ2v) is 7.24. The molecule has 1 rings (SSSR count). The first-order chi connectivity index (χ1) is 15.5. The van der Waals surface area contributed by atoms with E-state index in [2.05, 4.69) is 41.5 Å². The highest BCUT2D eigenvalue weighted by Crippen LogP contribution is 2.14. The Bertz CT molecular complexity index is 724. The zero-order valence-corrected chi connectivity index (χ0v) is 19.3. The first-order valence-corrected chi connectivity index (χ1v) is 10.7. The molecule has 0 saturated carbocycles. The third-order valence-corrected chi connectivity index (χ3v) is 4.06. The van der Waals surface area contributed by atoms with E-state index < -0.39 is 6.23 Å². The van der Waals surface area contributed by atoms with Crippen LogP contribution in [-0.2, 0) is 14.3 Å². The Morgan fingerprint density at radius 3 is 2.72 bits per heavy atom. The zero-order valence-electron chi connectivity index (χ0n) is 19.3. The van der Waals surface area contributed by atoms with Gasteiger partial charge in [-0.15, -0.1) is 0 Å². The molecule has 0 aromatic heterocycles. The van der Waals surface area contributed by atoms with E-state index >= 15 is 0 Å². The summed E-state index contributed by atoms with van der Waals surface area (Å²) in [5.41, 5.74) is 0.508. The summed E-state index contributed by atoms with van der Waals surface area (Å²) in [7, 11) is 1.82. The largest absolute Gasteiger partial charge is 0.489 e. The van der Waals surface area contributed by atoms with Crippen molar-refractivity contribution < 1.29 is 23.8 Å². The third kappa shape index (κ3) is 12.8. The number of benzene rings is 1. The summed E-state index contributed by atoms with van der Waals surface area (Å²) < 4.78 is 16.5. The predicted octanol–water partition coefficient (Wildman–Crippen LogP) is 1.40. The average Bonchev–Trinajstić information content (AvgIpc) is 2.78. The molecule has 0 bridgehead atoms. The van der Waals surface area contributed by atoms with Gasteiger partial charge in [0.2, 0.25) is 5.91 Å². The standard InChI is InChI=1S/C23H36N4O5/c1-18(2)7-6-10-26-21(28)16-30-13-14-31-22(25-4)17-32-20-9-5-8-19(15-20)23(29)27-12-11-24-3/h5-9,15,18,22,24H,4,10-14,16-17H2,1-3H3,(H,26,28)(H,27,29)/b7-6+. The lowest BCUT2D eigenvalue weighted by molar-refractivity contribution is -0.126. The van der Waals surface area contributed by atoms with E-state index in [0.29, 0.717) is 36.9 Å². The first kappa shape index (κ1) is 27.3. The normalized spacial score (nSPS) is 12.0. The molecule has 9 nitrogen and oxygen atoms in total. The van der Waals surface area contributed by atoms with Crippen molar-refractivity contribution in [3.63, 3.8) is 0 Å². The Hall–Kier alpha value is -2.75. The third-order valence-electron chi connectivity index (χ3n) is 4.06. The summed E-state index contributed by atoms with van der Waals surface area (Å²) >= 11 is 0. The molecule has 0 aliphatic carbocycles. The minimum absolute atomic E-state index is 0.0370. The Morgan fingerprint density at radius 2 is 2.00 bits per heavy atom. The van der Waals surface area contributed by atoms with Gasteiger partial charge in [-0.1, -0.05) is 32.1 Å². The maximum absolute atomic E-state index is 12.1. The van der Waals surface area contributed by atoms with Gasteiger partial charge in [-0.3, -0.25) is 14.6 Å². The molecular formula is C23H36N4O5. The molecular weight excluding hydrogens is 412 g/mol. The highest BCUT2D eigenvalue weighted by Gasteiger charge is 2.10. The summed E-state index contributed by atoms with van der Waals surface area (Å²) in [5, 5.41) is 8.52. The minimum atomic E-state index is -0.596. The second-order valence-electron chi connectivity index (χ2n) is 7.24. The van der Waals surface area contributed by atoms with Crippen LogP contribution in [0.5, 0.6) is 5.75 Å². The fourth-order valence-corrected chi connectivity index (χ4v) is 2.42. The van der Waals surface area contributed by atoms with Crippen molar-refractivity contribution in [1.82, 2.24) is 16.0 Å². The van der Waals surface area contributed by atoms with Gasteiger partial charge in [0.25, 0.3) is 5.91 Å². The fourth-order valence-electron chi connectivity index (χ4n) is 2.42. The summed E-state index contributed by atoms with van der Waals surface area (Å²) in [6.45, 7) is 9.93. The molecule has 1 aromatic rings. The first-order valence-electron chi connectivity index (χ1n) is 10.7. The Labute approximate surface area is 190 Å². The number of nitrogens with one attached hydrogen (secondary N) is 3. The van der Waals surface area contributed by atoms with Crippen LogP contribution in [0.15, 0.2) is 41.4 Å². The van der Waals surface area contributed by atoms with E-state index in [0.717, 1.165) is 0 Å². The van der Waals surface area contributed by atoms with Crippen LogP contribution < -0.4 is 20.7 Å². The average molecular weight is 449 g/mol. The van der Waals surface area contributed by atoms with Crippen molar-refractivity contribution in [1.29, 1.82) is 0 Å².